The highest BCUT2D eigenvalue weighted by atomic mass is 31.2. The first-order chi connectivity index (χ1) is 11.5. The number of rotatable bonds is 10. The Morgan fingerprint density at radius 2 is 1.16 bits per heavy atom. The maximum absolute atomic E-state index is 12.4. The maximum Gasteiger partial charge on any atom is 0.510 e. The van der Waals surface area contributed by atoms with Crippen LogP contribution in [0.4, 0.5) is 9.59 Å². The minimum absolute atomic E-state index is 0.100. The molecule has 0 saturated carbocycles. The van der Waals surface area contributed by atoms with E-state index in [1.807, 2.05) is 0 Å². The number of hydrogen-bond donors (Lipinski definition) is 1. The Bertz CT molecular complexity index is 431. The van der Waals surface area contributed by atoms with Crippen molar-refractivity contribution in [1.82, 2.24) is 0 Å². The lowest BCUT2D eigenvalue weighted by molar-refractivity contribution is -0.121. The van der Waals surface area contributed by atoms with Gasteiger partial charge in [-0.05, 0) is 13.8 Å². The van der Waals surface area contributed by atoms with Crippen molar-refractivity contribution in [3.05, 3.63) is 0 Å². The SMILES string of the molecule is CCOC(=O)OC(OP(N)(=O)OC(OC(=O)OCC)C(C)C)C(C)C. The van der Waals surface area contributed by atoms with Gasteiger partial charge in [0.05, 0.1) is 13.2 Å². The average Bonchev–Trinajstić information content (AvgIpc) is 2.45. The fourth-order valence-corrected chi connectivity index (χ4v) is 2.57. The molecular formula is C14H28NO9P. The van der Waals surface area contributed by atoms with E-state index >= 15 is 0 Å². The monoisotopic (exact) mass is 385 g/mol. The third-order valence-corrected chi connectivity index (χ3v) is 3.54. The molecule has 0 aliphatic rings. The Hall–Kier alpha value is -1.35. The molecule has 2 unspecified atom stereocenters. The second-order valence-corrected chi connectivity index (χ2v) is 7.08. The quantitative estimate of drug-likeness (QED) is 0.339. The molecule has 10 nitrogen and oxygen atoms in total. The summed E-state index contributed by atoms with van der Waals surface area (Å²) in [6, 6.07) is 0. The van der Waals surface area contributed by atoms with Gasteiger partial charge in [0.25, 0.3) is 0 Å². The normalized spacial score (nSPS) is 16.0. The first kappa shape index (κ1) is 23.6. The number of hydrogen-bond acceptors (Lipinski definition) is 9. The van der Waals surface area contributed by atoms with Gasteiger partial charge in [-0.3, -0.25) is 9.05 Å². The summed E-state index contributed by atoms with van der Waals surface area (Å²) in [5.41, 5.74) is 5.54. The van der Waals surface area contributed by atoms with Gasteiger partial charge in [0.1, 0.15) is 0 Å². The lowest BCUT2D eigenvalue weighted by atomic mass is 10.2. The highest BCUT2D eigenvalue weighted by Crippen LogP contribution is 2.44. The molecule has 2 atom stereocenters. The third-order valence-electron chi connectivity index (χ3n) is 2.54. The highest BCUT2D eigenvalue weighted by molar-refractivity contribution is 7.51. The molecule has 0 fully saturated rings. The number of carbonyl (C=O) groups is 2. The first-order valence-corrected chi connectivity index (χ1v) is 9.55. The summed E-state index contributed by atoms with van der Waals surface area (Å²) in [4.78, 5) is 22.8. The second kappa shape index (κ2) is 11.3. The number of carbonyl (C=O) groups excluding carboxylic acids is 2. The van der Waals surface area contributed by atoms with Crippen molar-refractivity contribution in [3.63, 3.8) is 0 Å². The summed E-state index contributed by atoms with van der Waals surface area (Å²) in [6.45, 7) is 10.0. The molecule has 148 valence electrons. The summed E-state index contributed by atoms with van der Waals surface area (Å²) in [5.74, 6) is -0.790. The van der Waals surface area contributed by atoms with Gasteiger partial charge in [-0.25, -0.2) is 19.7 Å². The zero-order valence-corrected chi connectivity index (χ0v) is 16.3. The molecule has 0 aromatic rings. The van der Waals surface area contributed by atoms with Crippen LogP contribution in [0.1, 0.15) is 41.5 Å². The molecule has 11 heteroatoms. The number of ether oxygens (including phenoxy) is 4. The Labute approximate surface area is 147 Å². The van der Waals surface area contributed by atoms with Crippen molar-refractivity contribution in [2.24, 2.45) is 17.3 Å². The van der Waals surface area contributed by atoms with Gasteiger partial charge >= 0.3 is 20.1 Å². The standard InChI is InChI=1S/C14H28NO9P/c1-7-19-13(16)21-11(9(3)4)23-25(15,18)24-12(10(5)6)22-14(17)20-8-2/h9-12H,7-8H2,1-6H3,(H2,15,18). The molecule has 0 aliphatic carbocycles. The van der Waals surface area contributed by atoms with Crippen molar-refractivity contribution in [2.75, 3.05) is 13.2 Å². The second-order valence-electron chi connectivity index (χ2n) is 5.58. The van der Waals surface area contributed by atoms with Crippen LogP contribution in [-0.2, 0) is 32.6 Å². The van der Waals surface area contributed by atoms with Crippen LogP contribution < -0.4 is 5.50 Å². The predicted molar refractivity (Wildman–Crippen MR) is 87.4 cm³/mol. The van der Waals surface area contributed by atoms with E-state index in [1.165, 1.54) is 0 Å². The Morgan fingerprint density at radius 3 is 1.40 bits per heavy atom. The smallest absolute Gasteiger partial charge is 0.435 e. The summed E-state index contributed by atoms with van der Waals surface area (Å²) >= 11 is 0. The van der Waals surface area contributed by atoms with Crippen molar-refractivity contribution in [1.29, 1.82) is 0 Å². The van der Waals surface area contributed by atoms with Gasteiger partial charge in [-0.1, -0.05) is 27.7 Å². The minimum atomic E-state index is -4.23. The lowest BCUT2D eigenvalue weighted by Gasteiger charge is -2.27. The van der Waals surface area contributed by atoms with Crippen molar-refractivity contribution in [3.8, 4) is 0 Å². The molecule has 0 aliphatic heterocycles. The minimum Gasteiger partial charge on any atom is -0.435 e. The zero-order chi connectivity index (χ0) is 19.6. The third kappa shape index (κ3) is 10.3. The maximum atomic E-state index is 12.4. The van der Waals surface area contributed by atoms with Crippen LogP contribution in [0.25, 0.3) is 0 Å². The summed E-state index contributed by atoms with van der Waals surface area (Å²) in [5, 5.41) is 0. The number of nitrogens with two attached hydrogens (primary N) is 1. The molecule has 0 saturated heterocycles. The van der Waals surface area contributed by atoms with Gasteiger partial charge in [0, 0.05) is 11.8 Å². The van der Waals surface area contributed by atoms with Crippen molar-refractivity contribution >= 4 is 20.1 Å². The Balaban J connectivity index is 4.95. The van der Waals surface area contributed by atoms with Crippen LogP contribution in [0.2, 0.25) is 0 Å². The van der Waals surface area contributed by atoms with Crippen LogP contribution in [-0.4, -0.2) is 38.1 Å². The molecule has 0 bridgehead atoms. The fourth-order valence-electron chi connectivity index (χ4n) is 1.37. The van der Waals surface area contributed by atoms with Gasteiger partial charge in [0.15, 0.2) is 0 Å². The Kier molecular flexibility index (Phi) is 10.7. The molecule has 2 N–H and O–H groups in total. The van der Waals surface area contributed by atoms with E-state index in [2.05, 4.69) is 9.47 Å². The lowest BCUT2D eigenvalue weighted by Crippen LogP contribution is -2.31. The van der Waals surface area contributed by atoms with Crippen LogP contribution in [0.15, 0.2) is 0 Å². The van der Waals surface area contributed by atoms with E-state index in [-0.39, 0.29) is 13.2 Å². The zero-order valence-electron chi connectivity index (χ0n) is 15.4. The van der Waals surface area contributed by atoms with Crippen LogP contribution in [0.3, 0.4) is 0 Å². The fraction of sp³-hybridized carbons (Fsp3) is 0.857. The first-order valence-electron chi connectivity index (χ1n) is 7.94. The molecule has 0 aromatic carbocycles. The molecule has 0 heterocycles. The molecule has 0 radical (unpaired) electrons. The van der Waals surface area contributed by atoms with Gasteiger partial charge < -0.3 is 18.9 Å². The molecule has 0 amide bonds. The van der Waals surface area contributed by atoms with Crippen LogP contribution in [0, 0.1) is 11.8 Å². The highest BCUT2D eigenvalue weighted by Gasteiger charge is 2.35. The summed E-state index contributed by atoms with van der Waals surface area (Å²) < 4.78 is 41.7. The molecule has 25 heavy (non-hydrogen) atoms. The van der Waals surface area contributed by atoms with Crippen molar-refractivity contribution in [2.45, 2.75) is 54.1 Å². The average molecular weight is 385 g/mol. The van der Waals surface area contributed by atoms with E-state index in [0.717, 1.165) is 0 Å². The van der Waals surface area contributed by atoms with E-state index in [4.69, 9.17) is 24.0 Å². The summed E-state index contributed by atoms with van der Waals surface area (Å²) in [6.07, 6.45) is -4.54. The van der Waals surface area contributed by atoms with Crippen molar-refractivity contribution < 1.29 is 42.1 Å². The van der Waals surface area contributed by atoms with E-state index in [0.29, 0.717) is 0 Å². The predicted octanol–water partition coefficient (Wildman–Crippen LogP) is 3.40. The topological polar surface area (TPSA) is 133 Å². The van der Waals surface area contributed by atoms with Crippen LogP contribution in [0.5, 0.6) is 0 Å². The van der Waals surface area contributed by atoms with Gasteiger partial charge in [-0.15, -0.1) is 0 Å². The Morgan fingerprint density at radius 1 is 0.840 bits per heavy atom. The van der Waals surface area contributed by atoms with Gasteiger partial charge in [0.2, 0.25) is 12.6 Å². The van der Waals surface area contributed by atoms with Crippen LogP contribution >= 0.6 is 7.75 Å². The van der Waals surface area contributed by atoms with Gasteiger partial charge in [-0.2, -0.15) is 0 Å². The summed E-state index contributed by atoms with van der Waals surface area (Å²) in [7, 11) is -4.23. The van der Waals surface area contributed by atoms with E-state index < -0.39 is 44.5 Å². The molecule has 0 aromatic heterocycles. The van der Waals surface area contributed by atoms with E-state index in [1.54, 1.807) is 41.5 Å². The largest absolute Gasteiger partial charge is 0.510 e. The molecule has 0 rings (SSSR count). The molecular weight excluding hydrogens is 357 g/mol. The molecule has 0 spiro atoms. The van der Waals surface area contributed by atoms with E-state index in [9.17, 15) is 14.2 Å².